The van der Waals surface area contributed by atoms with Crippen LogP contribution in [0, 0.1) is 11.8 Å². The summed E-state index contributed by atoms with van der Waals surface area (Å²) in [6.07, 6.45) is 10.1. The number of hydrogen-bond acceptors (Lipinski definition) is 4. The number of amides is 2. The Morgan fingerprint density at radius 2 is 1.97 bits per heavy atom. The number of nitrogens with zero attached hydrogens (tertiary/aromatic N) is 2. The molecule has 1 aliphatic carbocycles. The fourth-order valence-electron chi connectivity index (χ4n) is 5.60. The van der Waals surface area contributed by atoms with Crippen LogP contribution in [-0.4, -0.2) is 44.2 Å². The molecule has 1 N–H and O–H groups in total. The lowest BCUT2D eigenvalue weighted by atomic mass is 9.71. The number of carbonyl (C=O) groups is 1. The number of nitrogens with one attached hydrogen (secondary N) is 1. The normalized spacial score (nSPS) is 25.3. The molecule has 2 aromatic rings. The fourth-order valence-corrected chi connectivity index (χ4v) is 6.46. The van der Waals surface area contributed by atoms with Crippen LogP contribution in [0.4, 0.5) is 10.5 Å². The molecule has 0 aromatic heterocycles. The predicted octanol–water partition coefficient (Wildman–Crippen LogP) is 6.91. The van der Waals surface area contributed by atoms with Crippen molar-refractivity contribution < 1.29 is 9.53 Å². The first-order valence-corrected chi connectivity index (χ1v) is 14.3. The van der Waals surface area contributed by atoms with Gasteiger partial charge in [0, 0.05) is 42.5 Å². The van der Waals surface area contributed by atoms with Gasteiger partial charge < -0.3 is 14.5 Å². The summed E-state index contributed by atoms with van der Waals surface area (Å²) in [4.78, 5) is 17.8. The predicted molar refractivity (Wildman–Crippen MR) is 149 cm³/mol. The summed E-state index contributed by atoms with van der Waals surface area (Å²) in [5.41, 5.74) is 3.81. The van der Waals surface area contributed by atoms with Crippen LogP contribution in [0.15, 0.2) is 53.4 Å². The third kappa shape index (κ3) is 5.65. The van der Waals surface area contributed by atoms with E-state index in [1.165, 1.54) is 35.9 Å². The van der Waals surface area contributed by atoms with Crippen LogP contribution in [0.25, 0.3) is 0 Å². The topological polar surface area (TPSA) is 44.8 Å². The number of benzene rings is 2. The number of urea groups is 1. The maximum atomic E-state index is 12.6. The maximum absolute atomic E-state index is 12.6. The number of ether oxygens (including phenoxy) is 1. The van der Waals surface area contributed by atoms with E-state index in [2.05, 4.69) is 53.0 Å². The van der Waals surface area contributed by atoms with E-state index in [1.54, 1.807) is 4.90 Å². The van der Waals surface area contributed by atoms with E-state index in [9.17, 15) is 4.79 Å². The molecule has 3 unspecified atom stereocenters. The van der Waals surface area contributed by atoms with Crippen molar-refractivity contribution in [2.75, 3.05) is 38.2 Å². The van der Waals surface area contributed by atoms with Crippen molar-refractivity contribution in [2.45, 2.75) is 49.8 Å². The van der Waals surface area contributed by atoms with Gasteiger partial charge in [-0.05, 0) is 90.9 Å². The highest BCUT2D eigenvalue weighted by Crippen LogP contribution is 2.43. The standard InChI is InChI=1S/C29H36ClN3O2S/c1-3-6-21-15-24(30)10-12-26(21)23-18-33-17-22-9-8-20(22)7-4-5-14-32(2)29(34)31-36-25-11-13-28(35-19-23)27(33)16-25/h4-5,10-13,15-16,20,22-23H,3,6-9,14,17-19H2,1-2H3,(H,31,34)/b5-4+. The van der Waals surface area contributed by atoms with Crippen LogP contribution in [-0.2, 0) is 6.42 Å². The lowest BCUT2D eigenvalue weighted by Crippen LogP contribution is -2.40. The molecule has 2 heterocycles. The van der Waals surface area contributed by atoms with Gasteiger partial charge in [-0.25, -0.2) is 4.79 Å². The van der Waals surface area contributed by atoms with Gasteiger partial charge in [0.15, 0.2) is 0 Å². The van der Waals surface area contributed by atoms with E-state index >= 15 is 0 Å². The Labute approximate surface area is 224 Å². The Kier molecular flexibility index (Phi) is 8.02. The number of carbonyl (C=O) groups excluding carboxylic acids is 1. The van der Waals surface area contributed by atoms with E-state index in [1.807, 2.05) is 19.2 Å². The number of allylic oxidation sites excluding steroid dienone is 1. The average molecular weight is 526 g/mol. The van der Waals surface area contributed by atoms with Gasteiger partial charge in [-0.2, -0.15) is 0 Å². The number of likely N-dealkylation sites (N-methyl/N-ethyl adjacent to an activating group) is 1. The Hall–Kier alpha value is -2.31. The third-order valence-electron chi connectivity index (χ3n) is 7.83. The largest absolute Gasteiger partial charge is 0.491 e. The molecule has 0 radical (unpaired) electrons. The van der Waals surface area contributed by atoms with Crippen molar-refractivity contribution in [1.29, 1.82) is 0 Å². The van der Waals surface area contributed by atoms with Gasteiger partial charge in [-0.3, -0.25) is 4.72 Å². The van der Waals surface area contributed by atoms with Gasteiger partial charge >= 0.3 is 6.03 Å². The average Bonchev–Trinajstić information content (AvgIpc) is 3.04. The molecule has 5 rings (SSSR count). The second kappa shape index (κ2) is 11.4. The summed E-state index contributed by atoms with van der Waals surface area (Å²) in [6.45, 7) is 5.42. The number of hydrogen-bond donors (Lipinski definition) is 1. The van der Waals surface area contributed by atoms with E-state index in [0.717, 1.165) is 53.7 Å². The molecule has 2 amide bonds. The van der Waals surface area contributed by atoms with E-state index in [4.69, 9.17) is 16.3 Å². The highest BCUT2D eigenvalue weighted by molar-refractivity contribution is 7.98. The first-order valence-electron chi connectivity index (χ1n) is 13.1. The second-order valence-corrected chi connectivity index (χ2v) is 11.6. The van der Waals surface area contributed by atoms with Crippen molar-refractivity contribution >= 4 is 35.3 Å². The zero-order valence-corrected chi connectivity index (χ0v) is 22.8. The first kappa shape index (κ1) is 25.3. The van der Waals surface area contributed by atoms with Crippen LogP contribution >= 0.6 is 23.5 Å². The summed E-state index contributed by atoms with van der Waals surface area (Å²) in [5, 5.41) is 0.800. The van der Waals surface area contributed by atoms with Crippen molar-refractivity contribution in [3.05, 3.63) is 64.7 Å². The Bertz CT molecular complexity index is 1120. The molecule has 2 bridgehead atoms. The monoisotopic (exact) mass is 525 g/mol. The van der Waals surface area contributed by atoms with E-state index < -0.39 is 0 Å². The van der Waals surface area contributed by atoms with Gasteiger partial charge in [0.25, 0.3) is 0 Å². The highest BCUT2D eigenvalue weighted by atomic mass is 35.5. The lowest BCUT2D eigenvalue weighted by Gasteiger charge is -2.41. The molecule has 0 saturated heterocycles. The van der Waals surface area contributed by atoms with Crippen LogP contribution in [0.1, 0.15) is 49.7 Å². The van der Waals surface area contributed by atoms with Gasteiger partial charge in [0.05, 0.1) is 12.3 Å². The molecule has 2 aliphatic heterocycles. The molecule has 3 atom stereocenters. The lowest BCUT2D eigenvalue weighted by molar-refractivity contribution is 0.182. The summed E-state index contributed by atoms with van der Waals surface area (Å²) < 4.78 is 9.44. The minimum Gasteiger partial charge on any atom is -0.491 e. The zero-order valence-electron chi connectivity index (χ0n) is 21.2. The molecule has 3 aliphatic rings. The Balaban J connectivity index is 1.48. The molecule has 2 aromatic carbocycles. The van der Waals surface area contributed by atoms with Crippen LogP contribution < -0.4 is 14.4 Å². The molecular weight excluding hydrogens is 490 g/mol. The SMILES string of the molecule is CCCc1cc(Cl)ccc1C1COc2ccc3cc2N(C1)CC1CCC1C/C=C/CN(C)C(=O)NS3. The molecule has 5 nitrogen and oxygen atoms in total. The van der Waals surface area contributed by atoms with Crippen molar-refractivity contribution in [3.8, 4) is 5.75 Å². The van der Waals surface area contributed by atoms with Crippen LogP contribution in [0.2, 0.25) is 5.02 Å². The molecule has 7 heteroatoms. The van der Waals surface area contributed by atoms with Crippen molar-refractivity contribution in [2.24, 2.45) is 11.8 Å². The van der Waals surface area contributed by atoms with Gasteiger partial charge in [-0.15, -0.1) is 0 Å². The van der Waals surface area contributed by atoms with Crippen molar-refractivity contribution in [3.63, 3.8) is 0 Å². The second-order valence-electron chi connectivity index (χ2n) is 10.3. The van der Waals surface area contributed by atoms with Gasteiger partial charge in [0.1, 0.15) is 5.75 Å². The summed E-state index contributed by atoms with van der Waals surface area (Å²) in [7, 11) is 1.83. The molecule has 192 valence electrons. The molecular formula is C29H36ClN3O2S. The number of rotatable bonds is 3. The maximum Gasteiger partial charge on any atom is 0.327 e. The van der Waals surface area contributed by atoms with Gasteiger partial charge in [-0.1, -0.05) is 43.2 Å². The van der Waals surface area contributed by atoms with Crippen LogP contribution in [0.3, 0.4) is 0 Å². The van der Waals surface area contributed by atoms with Crippen LogP contribution in [0.5, 0.6) is 5.75 Å². The van der Waals surface area contributed by atoms with E-state index in [-0.39, 0.29) is 11.9 Å². The molecule has 1 saturated carbocycles. The number of halogens is 1. The molecule has 36 heavy (non-hydrogen) atoms. The third-order valence-corrected chi connectivity index (χ3v) is 8.83. The number of aryl methyl sites for hydroxylation is 1. The molecule has 1 fully saturated rings. The quantitative estimate of drug-likeness (QED) is 0.349. The first-order chi connectivity index (χ1) is 17.5. The zero-order chi connectivity index (χ0) is 25.1. The summed E-state index contributed by atoms with van der Waals surface area (Å²) in [5.74, 6) is 2.55. The minimum absolute atomic E-state index is 0.0876. The minimum atomic E-state index is -0.0876. The molecule has 0 spiro atoms. The van der Waals surface area contributed by atoms with E-state index in [0.29, 0.717) is 25.0 Å². The number of fused-ring (bicyclic) bond motifs is 2. The van der Waals surface area contributed by atoms with Crippen molar-refractivity contribution in [1.82, 2.24) is 9.62 Å². The Morgan fingerprint density at radius 1 is 1.11 bits per heavy atom. The summed E-state index contributed by atoms with van der Waals surface area (Å²) >= 11 is 7.75. The highest BCUT2D eigenvalue weighted by Gasteiger charge is 2.34. The number of anilines is 1. The Morgan fingerprint density at radius 3 is 2.78 bits per heavy atom. The fraction of sp³-hybridized carbons (Fsp3) is 0.483. The summed E-state index contributed by atoms with van der Waals surface area (Å²) in [6, 6.07) is 12.6. The smallest absolute Gasteiger partial charge is 0.327 e. The van der Waals surface area contributed by atoms with Gasteiger partial charge in [0.2, 0.25) is 0 Å².